The molecule has 9 nitrogen and oxygen atoms in total. The van der Waals surface area contributed by atoms with Gasteiger partial charge in [-0.3, -0.25) is 4.72 Å². The van der Waals surface area contributed by atoms with Crippen LogP contribution >= 0.6 is 0 Å². The van der Waals surface area contributed by atoms with Crippen LogP contribution in [-0.4, -0.2) is 70.0 Å². The number of sulfonamides is 1. The molecule has 2 aromatic rings. The summed E-state index contributed by atoms with van der Waals surface area (Å²) in [5.41, 5.74) is 3.44. The van der Waals surface area contributed by atoms with Crippen LogP contribution in [0.5, 0.6) is 0 Å². The largest absolute Gasteiger partial charge is 0.378 e. The molecule has 0 radical (unpaired) electrons. The van der Waals surface area contributed by atoms with E-state index in [0.29, 0.717) is 43.7 Å². The quantitative estimate of drug-likeness (QED) is 0.646. The van der Waals surface area contributed by atoms with Gasteiger partial charge in [0, 0.05) is 31.9 Å². The molecule has 2 aliphatic heterocycles. The van der Waals surface area contributed by atoms with E-state index in [0.717, 1.165) is 48.9 Å². The number of hydrogen-bond donors (Lipinski definition) is 2. The first-order valence-corrected chi connectivity index (χ1v) is 13.6. The summed E-state index contributed by atoms with van der Waals surface area (Å²) in [4.78, 5) is 21.3. The molecule has 0 bridgehead atoms. The number of anilines is 3. The number of benzene rings is 1. The van der Waals surface area contributed by atoms with E-state index in [4.69, 9.17) is 4.74 Å². The van der Waals surface area contributed by atoms with Crippen LogP contribution in [0.25, 0.3) is 11.1 Å². The molecule has 1 atom stereocenters. The van der Waals surface area contributed by atoms with Gasteiger partial charge in [0.25, 0.3) is 0 Å². The standard InChI is InChI=1S/C24H33N5O4S/c1-4-18-7-8-29(16-18)24(30)25-20-6-5-17(2)21(15-20)19-13-22(27-34(3,31)32)26-23(14-19)28-9-11-33-12-10-28/h5-6,13-15,18H,4,7-12,16H2,1-3H3,(H,25,30)(H,26,27)/t18-/m1/s1. The lowest BCUT2D eigenvalue weighted by molar-refractivity contribution is 0.122. The van der Waals surface area contributed by atoms with E-state index < -0.39 is 10.0 Å². The molecule has 0 unspecified atom stereocenters. The van der Waals surface area contributed by atoms with Gasteiger partial charge in [-0.05, 0) is 60.2 Å². The second-order valence-corrected chi connectivity index (χ2v) is 10.8. The monoisotopic (exact) mass is 487 g/mol. The highest BCUT2D eigenvalue weighted by Gasteiger charge is 2.25. The average molecular weight is 488 g/mol. The van der Waals surface area contributed by atoms with Crippen LogP contribution in [0.4, 0.5) is 22.1 Å². The number of hydrogen-bond acceptors (Lipinski definition) is 6. The highest BCUT2D eigenvalue weighted by Crippen LogP contribution is 2.32. The lowest BCUT2D eigenvalue weighted by Gasteiger charge is -2.28. The number of carbonyl (C=O) groups is 1. The van der Waals surface area contributed by atoms with Crippen LogP contribution in [0.15, 0.2) is 30.3 Å². The third-order valence-corrected chi connectivity index (χ3v) is 6.97. The lowest BCUT2D eigenvalue weighted by atomic mass is 10.00. The van der Waals surface area contributed by atoms with Crippen LogP contribution in [0.1, 0.15) is 25.3 Å². The minimum Gasteiger partial charge on any atom is -0.378 e. The number of aryl methyl sites for hydroxylation is 1. The Bertz CT molecular complexity index is 1150. The average Bonchev–Trinajstić information content (AvgIpc) is 3.29. The molecule has 4 rings (SSSR count). The van der Waals surface area contributed by atoms with Crippen molar-refractivity contribution >= 4 is 33.4 Å². The predicted molar refractivity (Wildman–Crippen MR) is 135 cm³/mol. The molecule has 2 N–H and O–H groups in total. The fourth-order valence-corrected chi connectivity index (χ4v) is 4.92. The molecule has 184 valence electrons. The number of amides is 2. The number of pyridine rings is 1. The predicted octanol–water partition coefficient (Wildman–Crippen LogP) is 3.53. The summed E-state index contributed by atoms with van der Waals surface area (Å²) in [5, 5.41) is 3.03. The molecule has 34 heavy (non-hydrogen) atoms. The first kappa shape index (κ1) is 24.3. The number of carbonyl (C=O) groups excluding carboxylic acids is 1. The molecule has 2 aliphatic rings. The van der Waals surface area contributed by atoms with Gasteiger partial charge in [0.05, 0.1) is 19.5 Å². The van der Waals surface area contributed by atoms with Gasteiger partial charge in [-0.15, -0.1) is 0 Å². The highest BCUT2D eigenvalue weighted by molar-refractivity contribution is 7.92. The maximum atomic E-state index is 12.8. The van der Waals surface area contributed by atoms with E-state index in [1.165, 1.54) is 0 Å². The molecule has 2 fully saturated rings. The third kappa shape index (κ3) is 5.98. The Morgan fingerprint density at radius 3 is 2.62 bits per heavy atom. The van der Waals surface area contributed by atoms with E-state index in [-0.39, 0.29) is 11.8 Å². The van der Waals surface area contributed by atoms with E-state index in [1.54, 1.807) is 6.07 Å². The molecule has 3 heterocycles. The summed E-state index contributed by atoms with van der Waals surface area (Å²) in [6, 6.07) is 9.38. The molecular formula is C24H33N5O4S. The first-order valence-electron chi connectivity index (χ1n) is 11.7. The van der Waals surface area contributed by atoms with Crippen molar-refractivity contribution in [2.45, 2.75) is 26.7 Å². The van der Waals surface area contributed by atoms with Gasteiger partial charge < -0.3 is 19.9 Å². The molecule has 0 spiro atoms. The van der Waals surface area contributed by atoms with E-state index in [1.807, 2.05) is 36.1 Å². The van der Waals surface area contributed by atoms with Crippen molar-refractivity contribution in [1.82, 2.24) is 9.88 Å². The Labute approximate surface area is 201 Å². The highest BCUT2D eigenvalue weighted by atomic mass is 32.2. The van der Waals surface area contributed by atoms with Crippen LogP contribution in [0, 0.1) is 12.8 Å². The van der Waals surface area contributed by atoms with Gasteiger partial charge in [-0.25, -0.2) is 18.2 Å². The molecule has 0 saturated carbocycles. The van der Waals surface area contributed by atoms with Crippen LogP contribution in [0.3, 0.4) is 0 Å². The number of likely N-dealkylation sites (tertiary alicyclic amines) is 1. The Morgan fingerprint density at radius 1 is 1.18 bits per heavy atom. The van der Waals surface area contributed by atoms with Crippen molar-refractivity contribution in [2.24, 2.45) is 5.92 Å². The molecule has 2 amide bonds. The third-order valence-electron chi connectivity index (χ3n) is 6.39. The minimum atomic E-state index is -3.49. The molecule has 2 saturated heterocycles. The molecule has 0 aliphatic carbocycles. The zero-order valence-corrected chi connectivity index (χ0v) is 20.8. The van der Waals surface area contributed by atoms with Crippen molar-refractivity contribution in [3.63, 3.8) is 0 Å². The van der Waals surface area contributed by atoms with Crippen molar-refractivity contribution < 1.29 is 17.9 Å². The van der Waals surface area contributed by atoms with Gasteiger partial charge in [0.15, 0.2) is 0 Å². The summed E-state index contributed by atoms with van der Waals surface area (Å²) in [5.74, 6) is 1.51. The summed E-state index contributed by atoms with van der Waals surface area (Å²) in [7, 11) is -3.49. The van der Waals surface area contributed by atoms with Gasteiger partial charge in [-0.1, -0.05) is 19.4 Å². The van der Waals surface area contributed by atoms with Crippen molar-refractivity contribution in [3.05, 3.63) is 35.9 Å². The van der Waals surface area contributed by atoms with Gasteiger partial charge in [0.1, 0.15) is 11.6 Å². The Balaban J connectivity index is 1.64. The number of rotatable bonds is 6. The van der Waals surface area contributed by atoms with Gasteiger partial charge >= 0.3 is 6.03 Å². The maximum Gasteiger partial charge on any atom is 0.321 e. The van der Waals surface area contributed by atoms with Gasteiger partial charge in [0.2, 0.25) is 10.0 Å². The zero-order valence-electron chi connectivity index (χ0n) is 20.0. The normalized spacial score (nSPS) is 18.7. The van der Waals surface area contributed by atoms with E-state index >= 15 is 0 Å². The zero-order chi connectivity index (χ0) is 24.3. The molecule has 1 aromatic carbocycles. The number of nitrogens with zero attached hydrogens (tertiary/aromatic N) is 3. The van der Waals surface area contributed by atoms with Crippen molar-refractivity contribution in [2.75, 3.05) is 60.6 Å². The molecule has 1 aromatic heterocycles. The van der Waals surface area contributed by atoms with Crippen LogP contribution < -0.4 is 14.9 Å². The van der Waals surface area contributed by atoms with Crippen molar-refractivity contribution in [3.8, 4) is 11.1 Å². The first-order chi connectivity index (χ1) is 16.2. The topological polar surface area (TPSA) is 104 Å². The SMILES string of the molecule is CC[C@@H]1CCN(C(=O)Nc2ccc(C)c(-c3cc(NS(C)(=O)=O)nc(N4CCOCC4)c3)c2)C1. The smallest absolute Gasteiger partial charge is 0.321 e. The Kier molecular flexibility index (Phi) is 7.27. The van der Waals surface area contributed by atoms with Crippen molar-refractivity contribution in [1.29, 1.82) is 0 Å². The number of morpholine rings is 1. The summed E-state index contributed by atoms with van der Waals surface area (Å²) >= 11 is 0. The number of urea groups is 1. The number of ether oxygens (including phenoxy) is 1. The fourth-order valence-electron chi connectivity index (χ4n) is 4.43. The summed E-state index contributed by atoms with van der Waals surface area (Å²) in [6.45, 7) is 8.26. The van der Waals surface area contributed by atoms with E-state index in [9.17, 15) is 13.2 Å². The second-order valence-electron chi connectivity index (χ2n) is 9.04. The van der Waals surface area contributed by atoms with Crippen LogP contribution in [0.2, 0.25) is 0 Å². The lowest BCUT2D eigenvalue weighted by Crippen LogP contribution is -2.36. The van der Waals surface area contributed by atoms with Crippen LogP contribution in [-0.2, 0) is 14.8 Å². The molecular weight excluding hydrogens is 454 g/mol. The number of nitrogens with one attached hydrogen (secondary N) is 2. The minimum absolute atomic E-state index is 0.0890. The molecule has 10 heteroatoms. The summed E-state index contributed by atoms with van der Waals surface area (Å²) in [6.07, 6.45) is 3.23. The fraction of sp³-hybridized carbons (Fsp3) is 0.500. The summed E-state index contributed by atoms with van der Waals surface area (Å²) < 4.78 is 31.8. The van der Waals surface area contributed by atoms with E-state index in [2.05, 4.69) is 26.8 Å². The Morgan fingerprint density at radius 2 is 1.94 bits per heavy atom. The number of aromatic nitrogens is 1. The Hall–Kier alpha value is -2.85. The maximum absolute atomic E-state index is 12.8. The van der Waals surface area contributed by atoms with Gasteiger partial charge in [-0.2, -0.15) is 0 Å². The second kappa shape index (κ2) is 10.2.